The molecule has 1 aromatic heterocycles. The second kappa shape index (κ2) is 8.17. The van der Waals surface area contributed by atoms with Crippen molar-refractivity contribution in [1.29, 1.82) is 0 Å². The van der Waals surface area contributed by atoms with Crippen molar-refractivity contribution in [3.05, 3.63) is 88.3 Å². The van der Waals surface area contributed by atoms with Gasteiger partial charge in [0.2, 0.25) is 5.76 Å². The molecule has 1 fully saturated rings. The first-order valence-electron chi connectivity index (χ1n) is 9.40. The lowest BCUT2D eigenvalue weighted by molar-refractivity contribution is 0.0559. The number of aromatic nitrogens is 1. The van der Waals surface area contributed by atoms with Crippen molar-refractivity contribution < 1.29 is 9.32 Å². The predicted molar refractivity (Wildman–Crippen MR) is 108 cm³/mol. The summed E-state index contributed by atoms with van der Waals surface area (Å²) in [4.78, 5) is 16.9. The molecule has 0 saturated carbocycles. The smallest absolute Gasteiger partial charge is 0.294 e. The maximum Gasteiger partial charge on any atom is 0.294 e. The third kappa shape index (κ3) is 3.68. The minimum Gasteiger partial charge on any atom is -0.349 e. The number of carbonyl (C=O) groups is 1. The molecule has 0 N–H and O–H groups in total. The lowest BCUT2D eigenvalue weighted by Gasteiger charge is -2.39. The zero-order valence-corrected chi connectivity index (χ0v) is 16.5. The summed E-state index contributed by atoms with van der Waals surface area (Å²) in [5.74, 6) is -0.0588. The third-order valence-electron chi connectivity index (χ3n) is 5.18. The Bertz CT molecular complexity index is 895. The molecule has 0 radical (unpaired) electrons. The molecule has 3 aromatic rings. The van der Waals surface area contributed by atoms with Crippen molar-refractivity contribution in [2.45, 2.75) is 13.0 Å². The quantitative estimate of drug-likeness (QED) is 0.664. The van der Waals surface area contributed by atoms with Crippen molar-refractivity contribution in [3.8, 4) is 0 Å². The number of aryl methyl sites for hydroxylation is 1. The zero-order valence-electron chi connectivity index (χ0n) is 15.7. The molecule has 2 aromatic carbocycles. The maximum absolute atomic E-state index is 12.7. The Morgan fingerprint density at radius 2 is 1.50 bits per heavy atom. The molecule has 2 heterocycles. The fourth-order valence-electron chi connectivity index (χ4n) is 3.70. The molecule has 4 rings (SSSR count). The van der Waals surface area contributed by atoms with Crippen LogP contribution < -0.4 is 0 Å². The number of amides is 1. The summed E-state index contributed by atoms with van der Waals surface area (Å²) in [6.45, 7) is 4.50. The molecule has 28 heavy (non-hydrogen) atoms. The molecule has 0 unspecified atom stereocenters. The Morgan fingerprint density at radius 1 is 0.964 bits per heavy atom. The van der Waals surface area contributed by atoms with Crippen LogP contribution >= 0.6 is 11.6 Å². The van der Waals surface area contributed by atoms with Gasteiger partial charge in [0.1, 0.15) is 5.02 Å². The van der Waals surface area contributed by atoms with Crippen molar-refractivity contribution in [2.24, 2.45) is 0 Å². The van der Waals surface area contributed by atoms with E-state index in [1.165, 1.54) is 11.1 Å². The molecule has 0 atom stereocenters. The standard InChI is InChI=1S/C22H22ClN3O2/c1-16-19(23)21(28-24-16)22(27)26-14-12-25(13-15-26)20(17-8-4-2-5-9-17)18-10-6-3-7-11-18/h2-11,20H,12-15H2,1H3. The minimum absolute atomic E-state index is 0.135. The average molecular weight is 396 g/mol. The van der Waals surface area contributed by atoms with E-state index in [2.05, 4.69) is 58.6 Å². The molecular formula is C22H22ClN3O2. The van der Waals surface area contributed by atoms with E-state index in [1.807, 2.05) is 12.1 Å². The molecule has 5 nitrogen and oxygen atoms in total. The van der Waals surface area contributed by atoms with Crippen LogP contribution in [0.4, 0.5) is 0 Å². The van der Waals surface area contributed by atoms with Gasteiger partial charge in [-0.05, 0) is 18.1 Å². The van der Waals surface area contributed by atoms with Crippen molar-refractivity contribution in [3.63, 3.8) is 0 Å². The molecule has 0 bridgehead atoms. The van der Waals surface area contributed by atoms with Gasteiger partial charge in [-0.25, -0.2) is 0 Å². The van der Waals surface area contributed by atoms with Gasteiger partial charge in [-0.2, -0.15) is 0 Å². The van der Waals surface area contributed by atoms with E-state index < -0.39 is 0 Å². The van der Waals surface area contributed by atoms with Crippen molar-refractivity contribution in [1.82, 2.24) is 15.0 Å². The monoisotopic (exact) mass is 395 g/mol. The number of hydrogen-bond acceptors (Lipinski definition) is 4. The fourth-order valence-corrected chi connectivity index (χ4v) is 3.85. The van der Waals surface area contributed by atoms with Gasteiger partial charge in [0, 0.05) is 26.2 Å². The summed E-state index contributed by atoms with van der Waals surface area (Å²) in [7, 11) is 0. The molecule has 144 valence electrons. The Labute approximate surface area is 169 Å². The van der Waals surface area contributed by atoms with Gasteiger partial charge in [0.15, 0.2) is 0 Å². The highest BCUT2D eigenvalue weighted by Gasteiger charge is 2.31. The summed E-state index contributed by atoms with van der Waals surface area (Å²) in [5, 5.41) is 4.09. The number of halogens is 1. The van der Waals surface area contributed by atoms with Gasteiger partial charge >= 0.3 is 0 Å². The summed E-state index contributed by atoms with van der Waals surface area (Å²) in [6, 6.07) is 21.1. The molecule has 1 amide bonds. The van der Waals surface area contributed by atoms with Gasteiger partial charge in [0.05, 0.1) is 11.7 Å². The highest BCUT2D eigenvalue weighted by molar-refractivity contribution is 6.33. The molecule has 1 aliphatic rings. The second-order valence-corrected chi connectivity index (χ2v) is 7.34. The molecule has 0 spiro atoms. The summed E-state index contributed by atoms with van der Waals surface area (Å²) in [6.07, 6.45) is 0. The van der Waals surface area contributed by atoms with Crippen LogP contribution in [0.1, 0.15) is 33.4 Å². The van der Waals surface area contributed by atoms with E-state index in [1.54, 1.807) is 11.8 Å². The number of piperazine rings is 1. The van der Waals surface area contributed by atoms with Crippen LogP contribution in [0.15, 0.2) is 65.2 Å². The van der Waals surface area contributed by atoms with Crippen LogP contribution in [-0.4, -0.2) is 47.0 Å². The van der Waals surface area contributed by atoms with E-state index >= 15 is 0 Å². The van der Waals surface area contributed by atoms with E-state index in [0.29, 0.717) is 23.8 Å². The lowest BCUT2D eigenvalue weighted by Crippen LogP contribution is -2.49. The maximum atomic E-state index is 12.7. The number of benzene rings is 2. The van der Waals surface area contributed by atoms with Crippen LogP contribution in [-0.2, 0) is 0 Å². The molecule has 1 saturated heterocycles. The lowest BCUT2D eigenvalue weighted by atomic mass is 9.96. The predicted octanol–water partition coefficient (Wildman–Crippen LogP) is 4.18. The third-order valence-corrected chi connectivity index (χ3v) is 5.63. The molecule has 0 aliphatic carbocycles. The normalized spacial score (nSPS) is 15.2. The van der Waals surface area contributed by atoms with Crippen LogP contribution in [0.2, 0.25) is 5.02 Å². The first kappa shape index (κ1) is 18.7. The van der Waals surface area contributed by atoms with Crippen LogP contribution in [0.25, 0.3) is 0 Å². The van der Waals surface area contributed by atoms with Gasteiger partial charge in [-0.15, -0.1) is 0 Å². The Kier molecular flexibility index (Phi) is 5.46. The number of carbonyl (C=O) groups excluding carboxylic acids is 1. The largest absolute Gasteiger partial charge is 0.349 e. The number of hydrogen-bond donors (Lipinski definition) is 0. The number of nitrogens with zero attached hydrogens (tertiary/aromatic N) is 3. The second-order valence-electron chi connectivity index (χ2n) is 6.96. The van der Waals surface area contributed by atoms with Crippen molar-refractivity contribution >= 4 is 17.5 Å². The topological polar surface area (TPSA) is 49.6 Å². The van der Waals surface area contributed by atoms with Gasteiger partial charge in [-0.1, -0.05) is 77.4 Å². The Hall–Kier alpha value is -2.63. The first-order chi connectivity index (χ1) is 13.6. The SMILES string of the molecule is Cc1noc(C(=O)N2CCN(C(c3ccccc3)c3ccccc3)CC2)c1Cl. The average Bonchev–Trinajstić information content (AvgIpc) is 3.08. The van der Waals surface area contributed by atoms with E-state index in [-0.39, 0.29) is 17.7 Å². The van der Waals surface area contributed by atoms with Crippen molar-refractivity contribution in [2.75, 3.05) is 26.2 Å². The summed E-state index contributed by atoms with van der Waals surface area (Å²) >= 11 is 6.15. The minimum atomic E-state index is -0.193. The summed E-state index contributed by atoms with van der Waals surface area (Å²) < 4.78 is 5.14. The van der Waals surface area contributed by atoms with E-state index in [9.17, 15) is 4.79 Å². The van der Waals surface area contributed by atoms with Crippen LogP contribution in [0, 0.1) is 6.92 Å². The van der Waals surface area contributed by atoms with Crippen LogP contribution in [0.5, 0.6) is 0 Å². The number of rotatable bonds is 4. The highest BCUT2D eigenvalue weighted by Crippen LogP contribution is 2.30. The van der Waals surface area contributed by atoms with E-state index in [0.717, 1.165) is 13.1 Å². The van der Waals surface area contributed by atoms with Gasteiger partial charge < -0.3 is 9.42 Å². The molecular weight excluding hydrogens is 374 g/mol. The molecule has 1 aliphatic heterocycles. The van der Waals surface area contributed by atoms with Crippen LogP contribution in [0.3, 0.4) is 0 Å². The summed E-state index contributed by atoms with van der Waals surface area (Å²) in [5.41, 5.74) is 3.04. The van der Waals surface area contributed by atoms with Gasteiger partial charge in [0.25, 0.3) is 5.91 Å². The van der Waals surface area contributed by atoms with E-state index in [4.69, 9.17) is 16.1 Å². The zero-order chi connectivity index (χ0) is 19.5. The highest BCUT2D eigenvalue weighted by atomic mass is 35.5. The van der Waals surface area contributed by atoms with Gasteiger partial charge in [-0.3, -0.25) is 9.69 Å². The fraction of sp³-hybridized carbons (Fsp3) is 0.273. The molecule has 6 heteroatoms. The Balaban J connectivity index is 1.52. The first-order valence-corrected chi connectivity index (χ1v) is 9.78. The Morgan fingerprint density at radius 3 is 1.96 bits per heavy atom.